The number of carboxylic acids is 2. The minimum atomic E-state index is -2.00. The summed E-state index contributed by atoms with van der Waals surface area (Å²) in [6.45, 7) is -0.377. The number of aliphatic hydroxyl groups is 12. The van der Waals surface area contributed by atoms with Gasteiger partial charge in [0.25, 0.3) is 17.7 Å². The number of hydrogen-bond donors (Lipinski definition) is 17. The fraction of sp³-hybridized carbons (Fsp3) is 0.750. The van der Waals surface area contributed by atoms with Gasteiger partial charge in [0.15, 0.2) is 37.2 Å². The van der Waals surface area contributed by atoms with Crippen molar-refractivity contribution in [1.82, 2.24) is 35.6 Å². The number of carbonyl (C=O) groups excluding carboxylic acids is 3. The Hall–Kier alpha value is -4.22. The molecule has 0 aromatic carbocycles. The lowest BCUT2D eigenvalue weighted by Crippen LogP contribution is -2.61. The molecule has 1 aromatic heterocycles. The van der Waals surface area contributed by atoms with Gasteiger partial charge in [-0.25, -0.2) is 0 Å². The Morgan fingerprint density at radius 2 is 0.870 bits per heavy atom. The van der Waals surface area contributed by atoms with Crippen molar-refractivity contribution in [2.45, 2.75) is 137 Å². The quantitative estimate of drug-likeness (QED) is 0.0644. The summed E-state index contributed by atoms with van der Waals surface area (Å²) in [6, 6.07) is 2.29. The van der Waals surface area contributed by atoms with Gasteiger partial charge < -0.3 is 107 Å². The molecular formula is C40H63N7O22. The Labute approximate surface area is 393 Å². The van der Waals surface area contributed by atoms with Gasteiger partial charge in [-0.05, 0) is 37.9 Å². The lowest BCUT2D eigenvalue weighted by atomic mass is 9.98. The maximum Gasteiger partial charge on any atom is 0.320 e. The molecule has 5 rings (SSSR count). The highest BCUT2D eigenvalue weighted by Crippen LogP contribution is 2.23. The van der Waals surface area contributed by atoms with E-state index in [9.17, 15) is 95.5 Å². The number of nitrogens with zero attached hydrogens (tertiary/aromatic N) is 4. The Morgan fingerprint density at radius 3 is 1.22 bits per heavy atom. The number of hydrogen-bond acceptors (Lipinski definition) is 24. The molecule has 2 bridgehead atoms. The third-order valence-corrected chi connectivity index (χ3v) is 12.4. The highest BCUT2D eigenvalue weighted by molar-refractivity contribution is 5.83. The number of pyridine rings is 1. The van der Waals surface area contributed by atoms with Gasteiger partial charge in [-0.1, -0.05) is 6.07 Å². The fourth-order valence-electron chi connectivity index (χ4n) is 8.33. The van der Waals surface area contributed by atoms with Crippen LogP contribution in [0.3, 0.4) is 0 Å². The molecule has 3 fully saturated rings. The Bertz CT molecular complexity index is 1790. The van der Waals surface area contributed by atoms with Gasteiger partial charge >= 0.3 is 11.9 Å². The maximum absolute atomic E-state index is 12.9. The van der Waals surface area contributed by atoms with Crippen LogP contribution in [0.15, 0.2) is 18.2 Å². The second kappa shape index (κ2) is 25.2. The van der Waals surface area contributed by atoms with Crippen LogP contribution in [-0.4, -0.2) is 277 Å². The molecule has 0 saturated carbocycles. The summed E-state index contributed by atoms with van der Waals surface area (Å²) >= 11 is 0. The van der Waals surface area contributed by atoms with Crippen LogP contribution in [0, 0.1) is 0 Å². The molecule has 29 nitrogen and oxygen atoms in total. The van der Waals surface area contributed by atoms with E-state index in [0.717, 1.165) is 0 Å². The molecule has 4 aliphatic rings. The van der Waals surface area contributed by atoms with E-state index in [0.29, 0.717) is 11.4 Å². The summed E-state index contributed by atoms with van der Waals surface area (Å²) in [6.07, 6.45) is -28.6. The van der Waals surface area contributed by atoms with Crippen LogP contribution in [0.4, 0.5) is 0 Å². The average Bonchev–Trinajstić information content (AvgIpc) is 3.31. The summed E-state index contributed by atoms with van der Waals surface area (Å²) < 4.78 is 14.9. The summed E-state index contributed by atoms with van der Waals surface area (Å²) in [5.41, 5.74) is 0.736. The second-order valence-corrected chi connectivity index (χ2v) is 17.2. The summed E-state index contributed by atoms with van der Waals surface area (Å²) in [5.74, 6) is -5.51. The normalized spacial score (nSPS) is 35.1. The SMILES string of the molecule is O=C(O)C(CCNC(=O)[C@H]1OC(O)[C@H](O)[C@@H](O)[C@H]1O)N1CCN(CCCNC(=O)[C@H]2OC(O)[C@H](O)[C@@H](O)[C@H]2O)CCN(C(CCNC(=O)[C@H]2OC(O)[C@H](O)[C@@H](O)[C@H]2O)C(=O)O)Cc2cccc(n2)C1. The molecule has 69 heavy (non-hydrogen) atoms. The van der Waals surface area contributed by atoms with Gasteiger partial charge in [-0.3, -0.25) is 38.8 Å². The van der Waals surface area contributed by atoms with Crippen molar-refractivity contribution in [3.8, 4) is 0 Å². The van der Waals surface area contributed by atoms with Crippen molar-refractivity contribution in [1.29, 1.82) is 0 Å². The van der Waals surface area contributed by atoms with E-state index in [-0.39, 0.29) is 84.7 Å². The average molecular weight is 994 g/mol. The molecule has 17 N–H and O–H groups in total. The van der Waals surface area contributed by atoms with Crippen molar-refractivity contribution in [2.75, 3.05) is 52.4 Å². The number of aromatic nitrogens is 1. The van der Waals surface area contributed by atoms with E-state index in [1.807, 2.05) is 4.90 Å². The van der Waals surface area contributed by atoms with Crippen molar-refractivity contribution >= 4 is 29.7 Å². The van der Waals surface area contributed by atoms with Gasteiger partial charge in [0, 0.05) is 58.9 Å². The lowest BCUT2D eigenvalue weighted by Gasteiger charge is -2.37. The highest BCUT2D eigenvalue weighted by Gasteiger charge is 2.48. The van der Waals surface area contributed by atoms with E-state index >= 15 is 0 Å². The standard InChI is InChI=1S/C40H63N7O22/c48-21-24(51)30(67-38(64)27(21)54)33(57)41-7-2-10-45-11-13-46(19(36(60)61)5-8-42-34(58)31-25(52)22(49)28(55)39(65)68-31)15-17-3-1-4-18(44-17)16-47(14-12-45)20(37(62)63)6-9-43-35(59)32-26(53)23(50)29(56)40(66)69-32/h1,3-4,19-32,38-40,48-56,64-66H,2,5-16H2,(H,41,57)(H,42,58)(H,43,59)(H,60,61)(H,62,63)/t19?,20?,21-,22-,23-,24+,25+,26+,27+,28+,29+,30-,31-,32-,38?,39?,40?/m0/s1. The number of carbonyl (C=O) groups is 5. The van der Waals surface area contributed by atoms with E-state index in [1.54, 1.807) is 28.0 Å². The van der Waals surface area contributed by atoms with Crippen LogP contribution in [-0.2, 0) is 51.3 Å². The molecule has 390 valence electrons. The first-order chi connectivity index (χ1) is 32.6. The maximum atomic E-state index is 12.9. The number of aliphatic carboxylic acids is 2. The molecule has 29 heteroatoms. The number of ether oxygens (including phenoxy) is 3. The molecule has 0 radical (unpaired) electrons. The zero-order valence-electron chi connectivity index (χ0n) is 37.1. The molecule has 4 aliphatic heterocycles. The number of rotatable bonds is 17. The van der Waals surface area contributed by atoms with Crippen molar-refractivity contribution in [3.05, 3.63) is 29.6 Å². The van der Waals surface area contributed by atoms with Crippen molar-refractivity contribution < 1.29 is 110 Å². The van der Waals surface area contributed by atoms with Crippen molar-refractivity contribution in [3.63, 3.8) is 0 Å². The lowest BCUT2D eigenvalue weighted by molar-refractivity contribution is -0.275. The minimum absolute atomic E-state index is 0.0218. The number of carboxylic acid groups (broad SMARTS) is 2. The van der Waals surface area contributed by atoms with Crippen LogP contribution in [0.1, 0.15) is 30.7 Å². The summed E-state index contributed by atoms with van der Waals surface area (Å²) in [4.78, 5) is 74.2. The molecule has 0 aliphatic carbocycles. The van der Waals surface area contributed by atoms with Crippen LogP contribution in [0.25, 0.3) is 0 Å². The Morgan fingerprint density at radius 1 is 0.522 bits per heavy atom. The van der Waals surface area contributed by atoms with Gasteiger partial charge in [0.1, 0.15) is 67.0 Å². The third-order valence-electron chi connectivity index (χ3n) is 12.4. The molecule has 3 amide bonds. The Kier molecular flexibility index (Phi) is 20.4. The molecule has 5 unspecified atom stereocenters. The van der Waals surface area contributed by atoms with Crippen LogP contribution in [0.2, 0.25) is 0 Å². The first kappa shape index (κ1) is 55.7. The summed E-state index contributed by atoms with van der Waals surface area (Å²) in [7, 11) is 0. The van der Waals surface area contributed by atoms with Gasteiger partial charge in [-0.2, -0.15) is 0 Å². The number of fused-ring (bicyclic) bond motifs is 2. The van der Waals surface area contributed by atoms with Crippen LogP contribution in [0.5, 0.6) is 0 Å². The molecule has 5 heterocycles. The van der Waals surface area contributed by atoms with Gasteiger partial charge in [0.05, 0.1) is 11.4 Å². The third kappa shape index (κ3) is 14.2. The van der Waals surface area contributed by atoms with E-state index < -0.39 is 134 Å². The largest absolute Gasteiger partial charge is 0.480 e. The Balaban J connectivity index is 1.32. The number of nitrogens with one attached hydrogen (secondary N) is 3. The zero-order chi connectivity index (χ0) is 50.9. The van der Waals surface area contributed by atoms with Gasteiger partial charge in [-0.15, -0.1) is 0 Å². The van der Waals surface area contributed by atoms with Crippen LogP contribution >= 0.6 is 0 Å². The predicted octanol–water partition coefficient (Wildman–Crippen LogP) is -10.2. The van der Waals surface area contributed by atoms with Crippen LogP contribution < -0.4 is 16.0 Å². The predicted molar refractivity (Wildman–Crippen MR) is 224 cm³/mol. The highest BCUT2D eigenvalue weighted by atomic mass is 16.7. The minimum Gasteiger partial charge on any atom is -0.480 e. The number of amides is 3. The number of aliphatic hydroxyl groups excluding tert-OH is 12. The van der Waals surface area contributed by atoms with Gasteiger partial charge in [0.2, 0.25) is 0 Å². The van der Waals surface area contributed by atoms with E-state index in [1.165, 1.54) is 0 Å². The second-order valence-electron chi connectivity index (χ2n) is 17.2. The summed E-state index contributed by atoms with van der Waals surface area (Å²) in [5, 5.41) is 148. The molecule has 3 saturated heterocycles. The zero-order valence-corrected chi connectivity index (χ0v) is 37.1. The first-order valence-corrected chi connectivity index (χ1v) is 22.2. The smallest absolute Gasteiger partial charge is 0.320 e. The molecular weight excluding hydrogens is 930 g/mol. The van der Waals surface area contributed by atoms with E-state index in [2.05, 4.69) is 20.9 Å². The van der Waals surface area contributed by atoms with E-state index in [4.69, 9.17) is 14.2 Å². The first-order valence-electron chi connectivity index (χ1n) is 22.2. The topological polar surface area (TPSA) is 455 Å². The molecule has 1 aromatic rings. The monoisotopic (exact) mass is 993 g/mol. The van der Waals surface area contributed by atoms with Crippen molar-refractivity contribution in [2.24, 2.45) is 0 Å². The molecule has 0 spiro atoms. The molecule has 17 atom stereocenters. The fourth-order valence-corrected chi connectivity index (χ4v) is 8.33.